The van der Waals surface area contributed by atoms with Crippen LogP contribution < -0.4 is 10.6 Å². The van der Waals surface area contributed by atoms with E-state index in [1.165, 1.54) is 0 Å². The summed E-state index contributed by atoms with van der Waals surface area (Å²) in [4.78, 5) is 25.4. The van der Waals surface area contributed by atoms with Crippen LogP contribution in [-0.2, 0) is 4.79 Å². The lowest BCUT2D eigenvalue weighted by atomic mass is 9.97. The highest BCUT2D eigenvalue weighted by Crippen LogP contribution is 2.17. The number of carbonyl (C=O) groups excluding carboxylic acids is 2. The molecule has 0 aromatic carbocycles. The molecule has 0 aromatic heterocycles. The summed E-state index contributed by atoms with van der Waals surface area (Å²) in [6, 6.07) is 1.44. The van der Waals surface area contributed by atoms with Crippen LogP contribution >= 0.6 is 0 Å². The van der Waals surface area contributed by atoms with Crippen LogP contribution in [0.2, 0.25) is 0 Å². The van der Waals surface area contributed by atoms with Gasteiger partial charge in [-0.2, -0.15) is 5.26 Å². The molecule has 0 bridgehead atoms. The molecule has 0 spiro atoms. The molecule has 1 atom stereocenters. The van der Waals surface area contributed by atoms with E-state index >= 15 is 0 Å². The highest BCUT2D eigenvalue weighted by Gasteiger charge is 2.27. The zero-order chi connectivity index (χ0) is 14.4. The largest absolute Gasteiger partial charge is 0.336 e. The van der Waals surface area contributed by atoms with E-state index < -0.39 is 6.03 Å². The fourth-order valence-corrected chi connectivity index (χ4v) is 2.10. The van der Waals surface area contributed by atoms with E-state index in [1.807, 2.05) is 18.7 Å². The Kier molecular flexibility index (Phi) is 5.77. The Bertz CT molecular complexity index is 367. The Morgan fingerprint density at radius 2 is 1.84 bits per heavy atom. The molecule has 2 N–H and O–H groups in total. The third-order valence-electron chi connectivity index (χ3n) is 3.30. The number of nitrogens with zero attached hydrogens (tertiary/aromatic N) is 2. The summed E-state index contributed by atoms with van der Waals surface area (Å²) in [7, 11) is 0. The number of hydrogen-bond donors (Lipinski definition) is 2. The van der Waals surface area contributed by atoms with Crippen LogP contribution in [0.3, 0.4) is 0 Å². The number of nitrogens with one attached hydrogen (secondary N) is 2. The number of hydrogen-bond acceptors (Lipinski definition) is 4. The Hall–Kier alpha value is -1.61. The highest BCUT2D eigenvalue weighted by molar-refractivity contribution is 5.96. The van der Waals surface area contributed by atoms with Gasteiger partial charge in [0.15, 0.2) is 0 Å². The summed E-state index contributed by atoms with van der Waals surface area (Å²) in [5, 5.41) is 13.8. The molecule has 19 heavy (non-hydrogen) atoms. The normalized spacial score (nSPS) is 18.7. The maximum atomic E-state index is 11.9. The standard InChI is InChI=1S/C13H22N4O2/c1-9(2)15-13(19)16-12(18)10(3)17-6-4-11(8-14)5-7-17/h9-11H,4-7H2,1-3H3,(H2,15,16,18,19). The average molecular weight is 266 g/mol. The third-order valence-corrected chi connectivity index (χ3v) is 3.30. The van der Waals surface area contributed by atoms with E-state index in [2.05, 4.69) is 16.7 Å². The Balaban J connectivity index is 2.41. The first kappa shape index (κ1) is 15.4. The van der Waals surface area contributed by atoms with E-state index in [-0.39, 0.29) is 23.9 Å². The number of amides is 3. The van der Waals surface area contributed by atoms with Crippen molar-refractivity contribution in [3.8, 4) is 6.07 Å². The third kappa shape index (κ3) is 4.87. The van der Waals surface area contributed by atoms with Crippen LogP contribution in [0.5, 0.6) is 0 Å². The summed E-state index contributed by atoms with van der Waals surface area (Å²) >= 11 is 0. The van der Waals surface area contributed by atoms with Crippen molar-refractivity contribution in [3.63, 3.8) is 0 Å². The topological polar surface area (TPSA) is 85.2 Å². The lowest BCUT2D eigenvalue weighted by Gasteiger charge is -2.33. The van der Waals surface area contributed by atoms with Crippen molar-refractivity contribution in [1.29, 1.82) is 5.26 Å². The predicted octanol–water partition coefficient (Wildman–Crippen LogP) is 0.845. The molecule has 106 valence electrons. The van der Waals surface area contributed by atoms with Crippen LogP contribution in [0.4, 0.5) is 4.79 Å². The lowest BCUT2D eigenvalue weighted by Crippen LogP contribution is -2.52. The second-order valence-corrected chi connectivity index (χ2v) is 5.23. The first-order valence-corrected chi connectivity index (χ1v) is 6.69. The van der Waals surface area contributed by atoms with Gasteiger partial charge in [-0.15, -0.1) is 0 Å². The average Bonchev–Trinajstić information content (AvgIpc) is 2.36. The van der Waals surface area contributed by atoms with Gasteiger partial charge in [-0.05, 0) is 33.6 Å². The van der Waals surface area contributed by atoms with E-state index in [0.29, 0.717) is 0 Å². The van der Waals surface area contributed by atoms with Gasteiger partial charge in [0.05, 0.1) is 12.1 Å². The van der Waals surface area contributed by atoms with Gasteiger partial charge in [-0.1, -0.05) is 0 Å². The van der Waals surface area contributed by atoms with Gasteiger partial charge in [-0.25, -0.2) is 4.79 Å². The maximum Gasteiger partial charge on any atom is 0.321 e. The number of piperidine rings is 1. The molecule has 6 nitrogen and oxygen atoms in total. The van der Waals surface area contributed by atoms with Crippen molar-refractivity contribution in [2.45, 2.75) is 45.7 Å². The molecule has 0 radical (unpaired) electrons. The SMILES string of the molecule is CC(C)NC(=O)NC(=O)C(C)N1CCC(C#N)CC1. The number of carbonyl (C=O) groups is 2. The molecule has 0 aliphatic carbocycles. The van der Waals surface area contributed by atoms with Gasteiger partial charge in [0.1, 0.15) is 0 Å². The van der Waals surface area contributed by atoms with Crippen molar-refractivity contribution in [1.82, 2.24) is 15.5 Å². The van der Waals surface area contributed by atoms with E-state index in [1.54, 1.807) is 6.92 Å². The van der Waals surface area contributed by atoms with Gasteiger partial charge in [0.25, 0.3) is 0 Å². The molecule has 0 saturated carbocycles. The van der Waals surface area contributed by atoms with Gasteiger partial charge in [-0.3, -0.25) is 15.0 Å². The van der Waals surface area contributed by atoms with Crippen molar-refractivity contribution in [2.24, 2.45) is 5.92 Å². The Morgan fingerprint density at radius 3 is 2.32 bits per heavy atom. The first-order chi connectivity index (χ1) is 8.93. The van der Waals surface area contributed by atoms with Crippen molar-refractivity contribution >= 4 is 11.9 Å². The fourth-order valence-electron chi connectivity index (χ4n) is 2.10. The van der Waals surface area contributed by atoms with Gasteiger partial charge in [0, 0.05) is 25.0 Å². The minimum atomic E-state index is -0.459. The number of likely N-dealkylation sites (tertiary alicyclic amines) is 1. The molecule has 1 heterocycles. The number of nitriles is 1. The molecule has 0 aromatic rings. The minimum Gasteiger partial charge on any atom is -0.336 e. The smallest absolute Gasteiger partial charge is 0.321 e. The second kappa shape index (κ2) is 7.10. The van der Waals surface area contributed by atoms with E-state index in [0.717, 1.165) is 25.9 Å². The number of urea groups is 1. The van der Waals surface area contributed by atoms with Crippen molar-refractivity contribution in [2.75, 3.05) is 13.1 Å². The molecule has 6 heteroatoms. The fraction of sp³-hybridized carbons (Fsp3) is 0.769. The molecule has 1 rings (SSSR count). The molecule has 3 amide bonds. The summed E-state index contributed by atoms with van der Waals surface area (Å²) in [6.07, 6.45) is 1.57. The summed E-state index contributed by atoms with van der Waals surface area (Å²) < 4.78 is 0. The molecular formula is C13H22N4O2. The second-order valence-electron chi connectivity index (χ2n) is 5.23. The van der Waals surface area contributed by atoms with Crippen LogP contribution in [0, 0.1) is 17.2 Å². The van der Waals surface area contributed by atoms with Gasteiger partial charge >= 0.3 is 6.03 Å². The Labute approximate surface area is 114 Å². The first-order valence-electron chi connectivity index (χ1n) is 6.69. The molecule has 1 fully saturated rings. The van der Waals surface area contributed by atoms with E-state index in [9.17, 15) is 9.59 Å². The maximum absolute atomic E-state index is 11.9. The van der Waals surface area contributed by atoms with Crippen LogP contribution in [0.15, 0.2) is 0 Å². The molecule has 1 saturated heterocycles. The minimum absolute atomic E-state index is 0.00511. The quantitative estimate of drug-likeness (QED) is 0.793. The van der Waals surface area contributed by atoms with Gasteiger partial charge < -0.3 is 5.32 Å². The highest BCUT2D eigenvalue weighted by atomic mass is 16.2. The number of imide groups is 1. The van der Waals surface area contributed by atoms with Crippen LogP contribution in [0.25, 0.3) is 0 Å². The predicted molar refractivity (Wildman–Crippen MR) is 71.2 cm³/mol. The summed E-state index contributed by atoms with van der Waals surface area (Å²) in [5.74, 6) is -0.204. The molecular weight excluding hydrogens is 244 g/mol. The monoisotopic (exact) mass is 266 g/mol. The Morgan fingerprint density at radius 1 is 1.26 bits per heavy atom. The zero-order valence-electron chi connectivity index (χ0n) is 11.8. The summed E-state index contributed by atoms with van der Waals surface area (Å²) in [6.45, 7) is 6.89. The lowest BCUT2D eigenvalue weighted by molar-refractivity contribution is -0.125. The molecule has 1 unspecified atom stereocenters. The van der Waals surface area contributed by atoms with Crippen molar-refractivity contribution in [3.05, 3.63) is 0 Å². The number of rotatable bonds is 3. The molecule has 1 aliphatic rings. The van der Waals surface area contributed by atoms with Crippen LogP contribution in [0.1, 0.15) is 33.6 Å². The molecule has 1 aliphatic heterocycles. The van der Waals surface area contributed by atoms with Gasteiger partial charge in [0.2, 0.25) is 5.91 Å². The van der Waals surface area contributed by atoms with Crippen molar-refractivity contribution < 1.29 is 9.59 Å². The zero-order valence-corrected chi connectivity index (χ0v) is 11.8. The summed E-state index contributed by atoms with van der Waals surface area (Å²) in [5.41, 5.74) is 0. The van der Waals surface area contributed by atoms with Crippen LogP contribution in [-0.4, -0.2) is 42.0 Å². The van der Waals surface area contributed by atoms with E-state index in [4.69, 9.17) is 5.26 Å².